The molecule has 0 spiro atoms. The maximum atomic E-state index is 13.0. The summed E-state index contributed by atoms with van der Waals surface area (Å²) in [6, 6.07) is 0. The standard InChI is InChI=1S/C51H86O17P2/c1-3-5-7-9-11-13-15-17-18-19-20-21-22-24-26-28-30-32-34-38-45(54)66-43(41-65-70(62,63)68-51-48(57)46(55)47(56)50(49(51)58)67-69(59,60)61)40-64-44(53)39-35-37-42(52)36-33-31-29-27-25-23-16-14-12-10-8-6-4-2/h5,7,11,13,17-18,20-21,23,25,29,31,33,36,42-43,46-52,55-58H,3-4,6,8-10,12,14-16,19,22,24,26-28,30,32,34-35,37-41H2,1-2H3,(H,62,63)(H2,59,60,61)/b7-5-,13-11-,18-17-,21-20-,25-23+,31-29+,36-33+/t42?,43-,46?,47?,48?,49?,50-,51+/m1/s1. The molecule has 402 valence electrons. The molecule has 9 atom stereocenters. The smallest absolute Gasteiger partial charge is 0.462 e. The second-order valence-electron chi connectivity index (χ2n) is 17.3. The molecule has 1 rings (SSSR count). The molecule has 1 aliphatic carbocycles. The van der Waals surface area contributed by atoms with E-state index in [4.69, 9.17) is 18.5 Å². The maximum absolute atomic E-state index is 13.0. The van der Waals surface area contributed by atoms with E-state index < -0.39 is 89.6 Å². The van der Waals surface area contributed by atoms with Crippen LogP contribution in [0.5, 0.6) is 0 Å². The molecule has 0 aliphatic heterocycles. The molecule has 0 heterocycles. The predicted molar refractivity (Wildman–Crippen MR) is 270 cm³/mol. The molecule has 17 nitrogen and oxygen atoms in total. The van der Waals surface area contributed by atoms with Gasteiger partial charge in [0.25, 0.3) is 0 Å². The van der Waals surface area contributed by atoms with Gasteiger partial charge >= 0.3 is 27.6 Å². The summed E-state index contributed by atoms with van der Waals surface area (Å²) in [5.41, 5.74) is 0. The predicted octanol–water partition coefficient (Wildman–Crippen LogP) is 9.15. The monoisotopic (exact) mass is 1030 g/mol. The minimum absolute atomic E-state index is 0.0160. The van der Waals surface area contributed by atoms with Crippen LogP contribution < -0.4 is 0 Å². The van der Waals surface area contributed by atoms with E-state index in [9.17, 15) is 58.9 Å². The number of carbonyl (C=O) groups is 2. The van der Waals surface area contributed by atoms with Crippen LogP contribution >= 0.6 is 15.6 Å². The largest absolute Gasteiger partial charge is 0.472 e. The number of aliphatic hydroxyl groups excluding tert-OH is 5. The Morgan fingerprint density at radius 1 is 0.543 bits per heavy atom. The third-order valence-corrected chi connectivity index (χ3v) is 12.6. The lowest BCUT2D eigenvalue weighted by Crippen LogP contribution is -2.64. The summed E-state index contributed by atoms with van der Waals surface area (Å²) in [6.07, 6.45) is 32.6. The second kappa shape index (κ2) is 40.6. The van der Waals surface area contributed by atoms with Crippen LogP contribution in [0.1, 0.15) is 162 Å². The van der Waals surface area contributed by atoms with Crippen molar-refractivity contribution in [3.05, 3.63) is 85.1 Å². The summed E-state index contributed by atoms with van der Waals surface area (Å²) in [4.78, 5) is 54.4. The number of allylic oxidation sites excluding steroid dienone is 13. The first-order valence-corrected chi connectivity index (χ1v) is 28.3. The number of phosphoric ester groups is 2. The Balaban J connectivity index is 2.65. The number of esters is 2. The van der Waals surface area contributed by atoms with Crippen LogP contribution in [-0.4, -0.2) is 114 Å². The number of unbranched alkanes of at least 4 members (excludes halogenated alkanes) is 12. The van der Waals surface area contributed by atoms with Crippen molar-refractivity contribution in [3.63, 3.8) is 0 Å². The molecule has 1 fully saturated rings. The highest BCUT2D eigenvalue weighted by Gasteiger charge is 2.54. The Morgan fingerprint density at radius 3 is 1.61 bits per heavy atom. The Bertz CT molecular complexity index is 1690. The van der Waals surface area contributed by atoms with Gasteiger partial charge in [0, 0.05) is 12.8 Å². The molecule has 0 radical (unpaired) electrons. The fourth-order valence-electron chi connectivity index (χ4n) is 7.14. The van der Waals surface area contributed by atoms with Gasteiger partial charge in [-0.25, -0.2) is 9.13 Å². The molecule has 0 saturated heterocycles. The number of rotatable bonds is 41. The normalized spacial score (nSPS) is 22.1. The zero-order valence-electron chi connectivity index (χ0n) is 41.5. The molecule has 0 amide bonds. The van der Waals surface area contributed by atoms with Crippen molar-refractivity contribution in [2.24, 2.45) is 0 Å². The van der Waals surface area contributed by atoms with E-state index in [0.29, 0.717) is 6.42 Å². The second-order valence-corrected chi connectivity index (χ2v) is 19.9. The van der Waals surface area contributed by atoms with Gasteiger partial charge in [-0.05, 0) is 77.0 Å². The number of carbonyl (C=O) groups excluding carboxylic acids is 2. The molecule has 1 saturated carbocycles. The Kier molecular flexibility index (Phi) is 37.8. The molecule has 0 aromatic heterocycles. The number of hydrogen-bond acceptors (Lipinski definition) is 14. The van der Waals surface area contributed by atoms with Crippen LogP contribution in [-0.2, 0) is 41.8 Å². The number of hydrogen-bond donors (Lipinski definition) is 8. The zero-order chi connectivity index (χ0) is 51.9. The van der Waals surface area contributed by atoms with Gasteiger partial charge in [-0.2, -0.15) is 0 Å². The van der Waals surface area contributed by atoms with Gasteiger partial charge in [0.15, 0.2) is 6.10 Å². The summed E-state index contributed by atoms with van der Waals surface area (Å²) in [6.45, 7) is 2.82. The highest BCUT2D eigenvalue weighted by atomic mass is 31.2. The van der Waals surface area contributed by atoms with Gasteiger partial charge in [-0.3, -0.25) is 23.2 Å². The first-order chi connectivity index (χ1) is 33.5. The molecule has 0 aromatic rings. The summed E-state index contributed by atoms with van der Waals surface area (Å²) in [5.74, 6) is -1.43. The lowest BCUT2D eigenvalue weighted by molar-refractivity contribution is -0.216. The van der Waals surface area contributed by atoms with Crippen molar-refractivity contribution in [1.82, 2.24) is 0 Å². The summed E-state index contributed by atoms with van der Waals surface area (Å²) in [7, 11) is -10.8. The summed E-state index contributed by atoms with van der Waals surface area (Å²) >= 11 is 0. The lowest BCUT2D eigenvalue weighted by Gasteiger charge is -2.43. The van der Waals surface area contributed by atoms with Crippen molar-refractivity contribution >= 4 is 27.6 Å². The van der Waals surface area contributed by atoms with Gasteiger partial charge in [0.2, 0.25) is 0 Å². The Morgan fingerprint density at radius 2 is 1.04 bits per heavy atom. The van der Waals surface area contributed by atoms with Crippen LogP contribution in [0.15, 0.2) is 85.1 Å². The molecule has 8 N–H and O–H groups in total. The van der Waals surface area contributed by atoms with E-state index >= 15 is 0 Å². The van der Waals surface area contributed by atoms with Crippen LogP contribution in [0.25, 0.3) is 0 Å². The molecular formula is C51H86O17P2. The van der Waals surface area contributed by atoms with Crippen molar-refractivity contribution in [1.29, 1.82) is 0 Å². The van der Waals surface area contributed by atoms with Gasteiger partial charge in [0.05, 0.1) is 12.7 Å². The van der Waals surface area contributed by atoms with Crippen LogP contribution in [0.3, 0.4) is 0 Å². The first-order valence-electron chi connectivity index (χ1n) is 25.2. The maximum Gasteiger partial charge on any atom is 0.472 e. The third kappa shape index (κ3) is 34.5. The molecule has 1 aliphatic rings. The van der Waals surface area contributed by atoms with Gasteiger partial charge in [-0.1, -0.05) is 157 Å². The number of aliphatic hydroxyl groups is 5. The summed E-state index contributed by atoms with van der Waals surface area (Å²) < 4.78 is 49.3. The van der Waals surface area contributed by atoms with Crippen molar-refractivity contribution in [2.75, 3.05) is 13.2 Å². The quantitative estimate of drug-likeness (QED) is 0.00932. The molecule has 0 aromatic carbocycles. The SMILES string of the molecule is CC/C=C\C/C=C\C/C=C\C/C=C\CCCCCCCCC(=O)O[C@H](COC(=O)CCCC(O)/C=C/C=C/C/C=C/CCCCCCCC)COP(=O)(O)O[C@H]1C(O)C(O)C(O)[C@@H](OP(=O)(O)O)C1O. The number of ether oxygens (including phenoxy) is 2. The minimum Gasteiger partial charge on any atom is -0.462 e. The highest BCUT2D eigenvalue weighted by Crippen LogP contribution is 2.49. The number of phosphoric acid groups is 2. The highest BCUT2D eigenvalue weighted by molar-refractivity contribution is 7.47. The summed E-state index contributed by atoms with van der Waals surface area (Å²) in [5, 5.41) is 51.6. The van der Waals surface area contributed by atoms with E-state index in [2.05, 4.69) is 79.1 Å². The van der Waals surface area contributed by atoms with E-state index in [0.717, 1.165) is 77.0 Å². The van der Waals surface area contributed by atoms with Crippen LogP contribution in [0.4, 0.5) is 0 Å². The molecular weight excluding hydrogens is 946 g/mol. The zero-order valence-corrected chi connectivity index (χ0v) is 43.3. The van der Waals surface area contributed by atoms with E-state index in [1.54, 1.807) is 12.2 Å². The van der Waals surface area contributed by atoms with Crippen LogP contribution in [0, 0.1) is 0 Å². The lowest BCUT2D eigenvalue weighted by atomic mass is 9.85. The topological polar surface area (TPSA) is 276 Å². The van der Waals surface area contributed by atoms with Crippen LogP contribution in [0.2, 0.25) is 0 Å². The van der Waals surface area contributed by atoms with Gasteiger partial charge in [0.1, 0.15) is 43.2 Å². The molecule has 6 unspecified atom stereocenters. The average molecular weight is 1030 g/mol. The van der Waals surface area contributed by atoms with E-state index in [-0.39, 0.29) is 25.7 Å². The van der Waals surface area contributed by atoms with E-state index in [1.807, 2.05) is 12.2 Å². The average Bonchev–Trinajstić information content (AvgIpc) is 3.31. The van der Waals surface area contributed by atoms with Crippen molar-refractivity contribution in [3.8, 4) is 0 Å². The molecule has 0 bridgehead atoms. The molecule has 19 heteroatoms. The van der Waals surface area contributed by atoms with E-state index in [1.165, 1.54) is 38.5 Å². The van der Waals surface area contributed by atoms with Crippen molar-refractivity contribution in [2.45, 2.75) is 210 Å². The molecule has 70 heavy (non-hydrogen) atoms. The fraction of sp³-hybridized carbons (Fsp3) is 0.686. The Labute approximate surface area is 416 Å². The fourth-order valence-corrected chi connectivity index (χ4v) is 8.68. The van der Waals surface area contributed by atoms with Crippen molar-refractivity contribution < 1.29 is 82.0 Å². The third-order valence-electron chi connectivity index (χ3n) is 11.1. The minimum atomic E-state index is -5.39. The first kappa shape index (κ1) is 65.2. The Hall–Kier alpha value is -2.86. The van der Waals surface area contributed by atoms with Gasteiger partial charge in [-0.15, -0.1) is 0 Å². The van der Waals surface area contributed by atoms with Gasteiger partial charge < -0.3 is 49.7 Å².